The van der Waals surface area contributed by atoms with Crippen LogP contribution >= 0.6 is 0 Å². The van der Waals surface area contributed by atoms with Crippen LogP contribution in [-0.2, 0) is 9.47 Å². The van der Waals surface area contributed by atoms with Gasteiger partial charge in [-0.3, -0.25) is 0 Å². The van der Waals surface area contributed by atoms with Crippen LogP contribution in [0.1, 0.15) is 54.4 Å². The van der Waals surface area contributed by atoms with Gasteiger partial charge in [0, 0.05) is 39.3 Å². The first-order valence-electron chi connectivity index (χ1n) is 10.4. The van der Waals surface area contributed by atoms with Gasteiger partial charge in [0.25, 0.3) is 0 Å². The molecule has 0 aromatic carbocycles. The largest absolute Gasteiger partial charge is 0.444 e. The Balaban J connectivity index is 2.55. The number of amides is 2. The SMILES string of the molecule is CC(C)(C)OC(=O)N1CCCNCCN(C(=O)OC(C)(C)C)CCCNCC1. The highest BCUT2D eigenvalue weighted by Gasteiger charge is 2.23. The first-order chi connectivity index (χ1) is 13.0. The lowest BCUT2D eigenvalue weighted by Crippen LogP contribution is -2.44. The standard InChI is InChI=1S/C20H40N4O4/c1-19(2,3)27-17(25)23-13-7-9-22-12-16-24(14-8-10-21-11-15-23)18(26)28-20(4,5)6/h21-22H,7-16H2,1-6H3. The zero-order valence-electron chi connectivity index (χ0n) is 18.6. The van der Waals surface area contributed by atoms with Gasteiger partial charge >= 0.3 is 12.2 Å². The Morgan fingerprint density at radius 2 is 1.00 bits per heavy atom. The summed E-state index contributed by atoms with van der Waals surface area (Å²) in [6, 6.07) is 0. The third-order valence-electron chi connectivity index (χ3n) is 3.98. The van der Waals surface area contributed by atoms with Crippen molar-refractivity contribution in [2.24, 2.45) is 0 Å². The number of nitrogens with zero attached hydrogens (tertiary/aromatic N) is 2. The fraction of sp³-hybridized carbons (Fsp3) is 0.900. The van der Waals surface area contributed by atoms with Gasteiger partial charge in [0.15, 0.2) is 0 Å². The number of hydrogen-bond acceptors (Lipinski definition) is 6. The number of rotatable bonds is 0. The zero-order valence-corrected chi connectivity index (χ0v) is 18.6. The van der Waals surface area contributed by atoms with E-state index in [-0.39, 0.29) is 12.2 Å². The van der Waals surface area contributed by atoms with Crippen molar-refractivity contribution in [3.8, 4) is 0 Å². The Bertz CT molecular complexity index is 426. The Hall–Kier alpha value is -1.54. The third-order valence-corrected chi connectivity index (χ3v) is 3.98. The first kappa shape index (κ1) is 24.5. The number of ether oxygens (including phenoxy) is 2. The second-order valence-corrected chi connectivity index (χ2v) is 9.14. The highest BCUT2D eigenvalue weighted by atomic mass is 16.6. The highest BCUT2D eigenvalue weighted by Crippen LogP contribution is 2.11. The lowest BCUT2D eigenvalue weighted by atomic mass is 10.2. The van der Waals surface area contributed by atoms with Crippen LogP contribution in [0.15, 0.2) is 0 Å². The molecule has 0 aliphatic carbocycles. The van der Waals surface area contributed by atoms with E-state index in [0.29, 0.717) is 39.3 Å². The molecule has 8 heteroatoms. The van der Waals surface area contributed by atoms with E-state index in [1.165, 1.54) is 0 Å². The highest BCUT2D eigenvalue weighted by molar-refractivity contribution is 5.68. The van der Waals surface area contributed by atoms with Gasteiger partial charge < -0.3 is 29.9 Å². The molecule has 1 aliphatic heterocycles. The minimum atomic E-state index is -0.493. The van der Waals surface area contributed by atoms with E-state index < -0.39 is 11.2 Å². The summed E-state index contributed by atoms with van der Waals surface area (Å²) >= 11 is 0. The predicted octanol–water partition coefficient (Wildman–Crippen LogP) is 2.43. The van der Waals surface area contributed by atoms with Crippen LogP contribution in [-0.4, -0.2) is 85.5 Å². The molecule has 2 amide bonds. The van der Waals surface area contributed by atoms with Crippen LogP contribution in [0.25, 0.3) is 0 Å². The molecule has 0 spiro atoms. The molecule has 0 unspecified atom stereocenters. The van der Waals surface area contributed by atoms with E-state index in [2.05, 4.69) is 10.6 Å². The van der Waals surface area contributed by atoms with E-state index in [9.17, 15) is 9.59 Å². The maximum Gasteiger partial charge on any atom is 0.410 e. The van der Waals surface area contributed by atoms with E-state index in [1.54, 1.807) is 9.80 Å². The second kappa shape index (κ2) is 11.5. The summed E-state index contributed by atoms with van der Waals surface area (Å²) in [5, 5.41) is 6.70. The van der Waals surface area contributed by atoms with Gasteiger partial charge in [0.2, 0.25) is 0 Å². The molecule has 164 valence electrons. The van der Waals surface area contributed by atoms with Crippen molar-refractivity contribution in [3.63, 3.8) is 0 Å². The molecule has 8 nitrogen and oxygen atoms in total. The molecule has 1 aliphatic rings. The maximum absolute atomic E-state index is 12.4. The van der Waals surface area contributed by atoms with Crippen molar-refractivity contribution in [1.82, 2.24) is 20.4 Å². The predicted molar refractivity (Wildman–Crippen MR) is 111 cm³/mol. The van der Waals surface area contributed by atoms with Gasteiger partial charge in [0.05, 0.1) is 0 Å². The molecule has 1 heterocycles. The van der Waals surface area contributed by atoms with Gasteiger partial charge in [-0.1, -0.05) is 0 Å². The molecule has 0 aromatic heterocycles. The molecule has 2 N–H and O–H groups in total. The summed E-state index contributed by atoms with van der Waals surface area (Å²) < 4.78 is 11.0. The van der Waals surface area contributed by atoms with Gasteiger partial charge in [-0.25, -0.2) is 9.59 Å². The average molecular weight is 401 g/mol. The number of carbonyl (C=O) groups excluding carboxylic acids is 2. The minimum Gasteiger partial charge on any atom is -0.444 e. The fourth-order valence-corrected chi connectivity index (χ4v) is 2.71. The number of hydrogen-bond donors (Lipinski definition) is 2. The summed E-state index contributed by atoms with van der Waals surface area (Å²) in [5.41, 5.74) is -0.986. The van der Waals surface area contributed by atoms with Gasteiger partial charge in [-0.15, -0.1) is 0 Å². The topological polar surface area (TPSA) is 83.1 Å². The Morgan fingerprint density at radius 1 is 0.643 bits per heavy atom. The molecular formula is C20H40N4O4. The smallest absolute Gasteiger partial charge is 0.410 e. The number of nitrogens with one attached hydrogen (secondary N) is 2. The van der Waals surface area contributed by atoms with Crippen LogP contribution in [0.2, 0.25) is 0 Å². The molecular weight excluding hydrogens is 360 g/mol. The molecule has 0 saturated carbocycles. The van der Waals surface area contributed by atoms with E-state index in [0.717, 1.165) is 25.9 Å². The molecule has 0 bridgehead atoms. The summed E-state index contributed by atoms with van der Waals surface area (Å²) in [6.45, 7) is 16.7. The Morgan fingerprint density at radius 3 is 1.32 bits per heavy atom. The van der Waals surface area contributed by atoms with Crippen LogP contribution in [0.5, 0.6) is 0 Å². The maximum atomic E-state index is 12.4. The molecule has 1 rings (SSSR count). The second-order valence-electron chi connectivity index (χ2n) is 9.14. The first-order valence-corrected chi connectivity index (χ1v) is 10.4. The monoisotopic (exact) mass is 400 g/mol. The summed E-state index contributed by atoms with van der Waals surface area (Å²) in [7, 11) is 0. The molecule has 1 saturated heterocycles. The van der Waals surface area contributed by atoms with Crippen LogP contribution in [0.4, 0.5) is 9.59 Å². The molecule has 0 atom stereocenters. The van der Waals surface area contributed by atoms with E-state index in [1.807, 2.05) is 41.5 Å². The van der Waals surface area contributed by atoms with E-state index in [4.69, 9.17) is 9.47 Å². The lowest BCUT2D eigenvalue weighted by molar-refractivity contribution is 0.0227. The Labute approximate surface area is 170 Å². The number of carbonyl (C=O) groups is 2. The minimum absolute atomic E-state index is 0.266. The molecule has 0 radical (unpaired) electrons. The van der Waals surface area contributed by atoms with Crippen molar-refractivity contribution >= 4 is 12.2 Å². The zero-order chi connectivity index (χ0) is 21.2. The molecule has 28 heavy (non-hydrogen) atoms. The summed E-state index contributed by atoms with van der Waals surface area (Å²) in [5.74, 6) is 0. The van der Waals surface area contributed by atoms with Gasteiger partial charge in [-0.05, 0) is 67.5 Å². The van der Waals surface area contributed by atoms with Crippen LogP contribution < -0.4 is 10.6 Å². The van der Waals surface area contributed by atoms with Gasteiger partial charge in [0.1, 0.15) is 11.2 Å². The normalized spacial score (nSPS) is 18.9. The van der Waals surface area contributed by atoms with Crippen molar-refractivity contribution in [3.05, 3.63) is 0 Å². The fourth-order valence-electron chi connectivity index (χ4n) is 2.71. The van der Waals surface area contributed by atoms with Crippen molar-refractivity contribution in [2.75, 3.05) is 52.4 Å². The lowest BCUT2D eigenvalue weighted by Gasteiger charge is -2.29. The van der Waals surface area contributed by atoms with E-state index >= 15 is 0 Å². The molecule has 0 aromatic rings. The van der Waals surface area contributed by atoms with Crippen LogP contribution in [0.3, 0.4) is 0 Å². The van der Waals surface area contributed by atoms with Crippen molar-refractivity contribution < 1.29 is 19.1 Å². The quantitative estimate of drug-likeness (QED) is 0.650. The average Bonchev–Trinajstić information content (AvgIpc) is 2.53. The third kappa shape index (κ3) is 11.3. The van der Waals surface area contributed by atoms with Gasteiger partial charge in [-0.2, -0.15) is 0 Å². The van der Waals surface area contributed by atoms with Crippen molar-refractivity contribution in [1.29, 1.82) is 0 Å². The Kier molecular flexibility index (Phi) is 10.0. The summed E-state index contributed by atoms with van der Waals surface area (Å²) in [4.78, 5) is 28.3. The van der Waals surface area contributed by atoms with Crippen molar-refractivity contribution in [2.45, 2.75) is 65.6 Å². The summed E-state index contributed by atoms with van der Waals surface area (Å²) in [6.07, 6.45) is 1.12. The molecule has 1 fully saturated rings. The van der Waals surface area contributed by atoms with Crippen LogP contribution in [0, 0.1) is 0 Å².